The summed E-state index contributed by atoms with van der Waals surface area (Å²) in [6.07, 6.45) is -2.90. The third-order valence-electron chi connectivity index (χ3n) is 3.65. The monoisotopic (exact) mass is 355 g/mol. The van der Waals surface area contributed by atoms with Crippen LogP contribution in [0.5, 0.6) is 0 Å². The van der Waals surface area contributed by atoms with E-state index >= 15 is 0 Å². The number of hydrogen-bond donors (Lipinski definition) is 2. The average molecular weight is 355 g/mol. The van der Waals surface area contributed by atoms with Crippen LogP contribution in [0.25, 0.3) is 0 Å². The maximum absolute atomic E-state index is 12.8. The summed E-state index contributed by atoms with van der Waals surface area (Å²) in [6.45, 7) is 0. The Hall–Kier alpha value is -2.84. The number of aryl methyl sites for hydroxylation is 1. The molecule has 0 bridgehead atoms. The van der Waals surface area contributed by atoms with Gasteiger partial charge in [0.25, 0.3) is 5.91 Å². The Bertz CT molecular complexity index is 771. The molecule has 1 aromatic carbocycles. The topological polar surface area (TPSA) is 98.1 Å². The lowest BCUT2D eigenvalue weighted by Gasteiger charge is -2.13. The quantitative estimate of drug-likeness (QED) is 0.778. The van der Waals surface area contributed by atoms with E-state index in [4.69, 9.17) is 10.5 Å². The minimum Gasteiger partial charge on any atom is -0.468 e. The molecule has 0 fully saturated rings. The van der Waals surface area contributed by atoms with Gasteiger partial charge in [-0.25, -0.2) is 4.98 Å². The molecule has 1 aromatic heterocycles. The highest BCUT2D eigenvalue weighted by Crippen LogP contribution is 2.30. The van der Waals surface area contributed by atoms with Gasteiger partial charge in [0, 0.05) is 0 Å². The number of amides is 1. The number of H-pyrrole nitrogens is 1. The lowest BCUT2D eigenvalue weighted by molar-refractivity contribution is -0.143. The van der Waals surface area contributed by atoms with Gasteiger partial charge in [0.15, 0.2) is 0 Å². The number of rotatable bonds is 6. The van der Waals surface area contributed by atoms with Gasteiger partial charge in [-0.05, 0) is 24.5 Å². The van der Waals surface area contributed by atoms with Gasteiger partial charge >= 0.3 is 12.1 Å². The third kappa shape index (κ3) is 4.59. The number of carbonyl (C=O) groups is 2. The molecule has 9 heteroatoms. The highest BCUT2D eigenvalue weighted by molar-refractivity contribution is 5.90. The zero-order valence-corrected chi connectivity index (χ0v) is 13.3. The largest absolute Gasteiger partial charge is 0.468 e. The van der Waals surface area contributed by atoms with Crippen molar-refractivity contribution >= 4 is 11.9 Å². The van der Waals surface area contributed by atoms with Crippen molar-refractivity contribution in [1.29, 1.82) is 0 Å². The number of imidazole rings is 1. The molecule has 1 heterocycles. The molecule has 2 rings (SSSR count). The minimum absolute atomic E-state index is 0.0305. The predicted molar refractivity (Wildman–Crippen MR) is 81.6 cm³/mol. The van der Waals surface area contributed by atoms with Crippen molar-refractivity contribution in [2.45, 2.75) is 24.9 Å². The molecule has 6 nitrogen and oxygen atoms in total. The molecule has 1 atom stereocenters. The van der Waals surface area contributed by atoms with Crippen molar-refractivity contribution in [3.8, 4) is 0 Å². The van der Waals surface area contributed by atoms with Crippen molar-refractivity contribution in [3.05, 3.63) is 53.1 Å². The van der Waals surface area contributed by atoms with E-state index < -0.39 is 29.5 Å². The standard InChI is InChI=1S/C16H16F3N3O3/c1-25-15(24)11(14-21-8-12(22-14)13(20)23)6-5-9-3-2-4-10(7-9)16(17,18)19/h2-4,7-8,11H,5-6H2,1H3,(H2,20,23)(H,21,22). The number of carbonyl (C=O) groups excluding carboxylic acids is 2. The van der Waals surface area contributed by atoms with Crippen LogP contribution in [0.2, 0.25) is 0 Å². The van der Waals surface area contributed by atoms with Crippen LogP contribution in [0.4, 0.5) is 13.2 Å². The first kappa shape index (κ1) is 18.5. The van der Waals surface area contributed by atoms with E-state index in [1.54, 1.807) is 6.07 Å². The van der Waals surface area contributed by atoms with Gasteiger partial charge in [-0.1, -0.05) is 18.2 Å². The smallest absolute Gasteiger partial charge is 0.416 e. The van der Waals surface area contributed by atoms with Crippen molar-refractivity contribution in [2.24, 2.45) is 5.73 Å². The molecule has 1 amide bonds. The number of esters is 1. The summed E-state index contributed by atoms with van der Waals surface area (Å²) in [5.74, 6) is -2.03. The van der Waals surface area contributed by atoms with Crippen LogP contribution in [-0.4, -0.2) is 29.0 Å². The Morgan fingerprint density at radius 2 is 2.08 bits per heavy atom. The van der Waals surface area contributed by atoms with Crippen LogP contribution >= 0.6 is 0 Å². The summed E-state index contributed by atoms with van der Waals surface area (Å²) >= 11 is 0. The number of primary amides is 1. The number of halogens is 3. The van der Waals surface area contributed by atoms with Gasteiger partial charge in [-0.15, -0.1) is 0 Å². The fraction of sp³-hybridized carbons (Fsp3) is 0.312. The molecular weight excluding hydrogens is 339 g/mol. The van der Waals surface area contributed by atoms with Crippen LogP contribution in [0, 0.1) is 0 Å². The number of nitrogens with one attached hydrogen (secondary N) is 1. The molecule has 0 aliphatic rings. The molecular formula is C16H16F3N3O3. The predicted octanol–water partition coefficient (Wildman–Crippen LogP) is 2.42. The Morgan fingerprint density at radius 1 is 1.36 bits per heavy atom. The molecule has 3 N–H and O–H groups in total. The molecule has 2 aromatic rings. The normalized spacial score (nSPS) is 12.6. The Balaban J connectivity index is 2.18. The fourth-order valence-electron chi connectivity index (χ4n) is 2.36. The first-order chi connectivity index (χ1) is 11.7. The van der Waals surface area contributed by atoms with E-state index in [2.05, 4.69) is 9.97 Å². The summed E-state index contributed by atoms with van der Waals surface area (Å²) in [7, 11) is 1.19. The number of alkyl halides is 3. The summed E-state index contributed by atoms with van der Waals surface area (Å²) in [5, 5.41) is 0. The van der Waals surface area contributed by atoms with Crippen LogP contribution < -0.4 is 5.73 Å². The van der Waals surface area contributed by atoms with Gasteiger partial charge in [-0.3, -0.25) is 9.59 Å². The molecule has 0 saturated heterocycles. The SMILES string of the molecule is COC(=O)C(CCc1cccc(C(F)(F)F)c1)c1ncc(C(N)=O)[nH]1. The van der Waals surface area contributed by atoms with E-state index in [-0.39, 0.29) is 24.4 Å². The van der Waals surface area contributed by atoms with Gasteiger partial charge in [0.1, 0.15) is 17.4 Å². The zero-order chi connectivity index (χ0) is 18.6. The summed E-state index contributed by atoms with van der Waals surface area (Å²) in [4.78, 5) is 29.6. The first-order valence-corrected chi connectivity index (χ1v) is 7.31. The van der Waals surface area contributed by atoms with E-state index in [1.165, 1.54) is 19.4 Å². The lowest BCUT2D eigenvalue weighted by atomic mass is 9.97. The molecule has 0 spiro atoms. The number of aromatic nitrogens is 2. The van der Waals surface area contributed by atoms with E-state index in [1.807, 2.05) is 0 Å². The van der Waals surface area contributed by atoms with Crippen LogP contribution in [-0.2, 0) is 22.1 Å². The highest BCUT2D eigenvalue weighted by Gasteiger charge is 2.30. The van der Waals surface area contributed by atoms with Crippen LogP contribution in [0.1, 0.15) is 39.8 Å². The van der Waals surface area contributed by atoms with E-state index in [0.717, 1.165) is 12.1 Å². The second-order valence-corrected chi connectivity index (χ2v) is 5.36. The summed E-state index contributed by atoms with van der Waals surface area (Å²) in [6, 6.07) is 4.86. The lowest BCUT2D eigenvalue weighted by Crippen LogP contribution is -2.17. The van der Waals surface area contributed by atoms with Gasteiger partial charge in [0.05, 0.1) is 18.9 Å². The molecule has 134 valence electrons. The minimum atomic E-state index is -4.44. The first-order valence-electron chi connectivity index (χ1n) is 7.31. The number of nitrogens with two attached hydrogens (primary N) is 1. The molecule has 0 aliphatic carbocycles. The molecule has 0 saturated carbocycles. The highest BCUT2D eigenvalue weighted by atomic mass is 19.4. The number of aromatic amines is 1. The second kappa shape index (κ2) is 7.37. The number of benzene rings is 1. The third-order valence-corrected chi connectivity index (χ3v) is 3.65. The van der Waals surface area contributed by atoms with Gasteiger partial charge in [0.2, 0.25) is 0 Å². The summed E-state index contributed by atoms with van der Waals surface area (Å²) in [5.41, 5.74) is 4.82. The van der Waals surface area contributed by atoms with Crippen LogP contribution in [0.15, 0.2) is 30.5 Å². The molecule has 25 heavy (non-hydrogen) atoms. The fourth-order valence-corrected chi connectivity index (χ4v) is 2.36. The van der Waals surface area contributed by atoms with Gasteiger partial charge < -0.3 is 15.5 Å². The van der Waals surface area contributed by atoms with Crippen molar-refractivity contribution in [1.82, 2.24) is 9.97 Å². The van der Waals surface area contributed by atoms with Gasteiger partial charge in [-0.2, -0.15) is 13.2 Å². The second-order valence-electron chi connectivity index (χ2n) is 5.36. The van der Waals surface area contributed by atoms with Crippen LogP contribution in [0.3, 0.4) is 0 Å². The Kier molecular flexibility index (Phi) is 5.45. The Morgan fingerprint density at radius 3 is 2.64 bits per heavy atom. The molecule has 1 unspecified atom stereocenters. The number of ether oxygens (including phenoxy) is 1. The van der Waals surface area contributed by atoms with Crippen molar-refractivity contribution in [3.63, 3.8) is 0 Å². The van der Waals surface area contributed by atoms with Crippen molar-refractivity contribution < 1.29 is 27.5 Å². The summed E-state index contributed by atoms with van der Waals surface area (Å²) < 4.78 is 43.0. The average Bonchev–Trinajstić information content (AvgIpc) is 3.04. The number of nitrogens with zero attached hydrogens (tertiary/aromatic N) is 1. The Labute approximate surface area is 141 Å². The molecule has 0 aliphatic heterocycles. The van der Waals surface area contributed by atoms with E-state index in [9.17, 15) is 22.8 Å². The number of hydrogen-bond acceptors (Lipinski definition) is 4. The number of methoxy groups -OCH3 is 1. The van der Waals surface area contributed by atoms with Crippen molar-refractivity contribution in [2.75, 3.05) is 7.11 Å². The maximum atomic E-state index is 12.8. The zero-order valence-electron chi connectivity index (χ0n) is 13.3. The maximum Gasteiger partial charge on any atom is 0.416 e. The van der Waals surface area contributed by atoms with E-state index in [0.29, 0.717) is 5.56 Å². The molecule has 0 radical (unpaired) electrons.